The molecule has 0 aliphatic carbocycles. The van der Waals surface area contributed by atoms with Crippen LogP contribution in [0.4, 0.5) is 0 Å². The van der Waals surface area contributed by atoms with Crippen LogP contribution < -0.4 is 5.73 Å². The number of nitrogens with two attached hydrogens (primary N) is 1. The maximum Gasteiger partial charge on any atom is 0.214 e. The molecule has 0 aromatic carbocycles. The summed E-state index contributed by atoms with van der Waals surface area (Å²) in [5.74, 6) is 0.148. The van der Waals surface area contributed by atoms with E-state index >= 15 is 0 Å². The van der Waals surface area contributed by atoms with Gasteiger partial charge < -0.3 is 5.73 Å². The molecule has 0 radical (unpaired) electrons. The van der Waals surface area contributed by atoms with E-state index in [1.54, 1.807) is 6.92 Å². The van der Waals surface area contributed by atoms with Gasteiger partial charge in [-0.3, -0.25) is 0 Å². The maximum absolute atomic E-state index is 11.7. The van der Waals surface area contributed by atoms with Gasteiger partial charge in [-0.2, -0.15) is 4.31 Å². The van der Waals surface area contributed by atoms with E-state index in [4.69, 9.17) is 5.73 Å². The zero-order valence-electron chi connectivity index (χ0n) is 9.58. The average molecular weight is 222 g/mol. The molecule has 0 unspecified atom stereocenters. The third kappa shape index (κ3) is 3.94. The fraction of sp³-hybridized carbons (Fsp3) is 1.00. The lowest BCUT2D eigenvalue weighted by molar-refractivity contribution is 0.248. The number of hydrogen-bond acceptors (Lipinski definition) is 3. The van der Waals surface area contributed by atoms with Gasteiger partial charge in [-0.15, -0.1) is 0 Å². The Balaban J connectivity index is 4.75. The van der Waals surface area contributed by atoms with E-state index < -0.39 is 10.0 Å². The zero-order chi connectivity index (χ0) is 11.4. The van der Waals surface area contributed by atoms with Crippen LogP contribution in [0.2, 0.25) is 0 Å². The fourth-order valence-electron chi connectivity index (χ4n) is 1.28. The second-order valence-electron chi connectivity index (χ2n) is 4.29. The minimum Gasteiger partial charge on any atom is -0.330 e. The van der Waals surface area contributed by atoms with Gasteiger partial charge in [-0.25, -0.2) is 8.42 Å². The first-order valence-corrected chi connectivity index (χ1v) is 6.57. The number of sulfonamides is 1. The lowest BCUT2D eigenvalue weighted by Crippen LogP contribution is -2.47. The summed E-state index contributed by atoms with van der Waals surface area (Å²) < 4.78 is 25.0. The Bertz CT molecular complexity index is 254. The largest absolute Gasteiger partial charge is 0.330 e. The molecular weight excluding hydrogens is 200 g/mol. The van der Waals surface area contributed by atoms with E-state index in [2.05, 4.69) is 0 Å². The van der Waals surface area contributed by atoms with Gasteiger partial charge in [0.05, 0.1) is 5.75 Å². The number of nitrogens with zero attached hydrogens (tertiary/aromatic N) is 1. The normalized spacial score (nSPS) is 13.6. The minimum absolute atomic E-state index is 0.148. The van der Waals surface area contributed by atoms with Crippen molar-refractivity contribution < 1.29 is 8.42 Å². The lowest BCUT2D eigenvalue weighted by atomic mass is 10.1. The Labute approximate surface area is 87.5 Å². The van der Waals surface area contributed by atoms with Crippen LogP contribution in [0.3, 0.4) is 0 Å². The van der Waals surface area contributed by atoms with E-state index in [1.807, 2.05) is 20.8 Å². The molecule has 0 rings (SSSR count). The van der Waals surface area contributed by atoms with Gasteiger partial charge in [-0.05, 0) is 40.7 Å². The second kappa shape index (κ2) is 5.09. The van der Waals surface area contributed by atoms with Crippen molar-refractivity contribution in [3.63, 3.8) is 0 Å². The van der Waals surface area contributed by atoms with Crippen molar-refractivity contribution in [3.05, 3.63) is 0 Å². The van der Waals surface area contributed by atoms with Crippen LogP contribution in [0.5, 0.6) is 0 Å². The van der Waals surface area contributed by atoms with Gasteiger partial charge in [0.2, 0.25) is 10.0 Å². The zero-order valence-corrected chi connectivity index (χ0v) is 10.4. The van der Waals surface area contributed by atoms with Crippen molar-refractivity contribution in [1.29, 1.82) is 0 Å². The molecule has 0 atom stereocenters. The van der Waals surface area contributed by atoms with Crippen molar-refractivity contribution in [1.82, 2.24) is 4.31 Å². The summed E-state index contributed by atoms with van der Waals surface area (Å²) in [6.45, 7) is 8.39. The predicted octanol–water partition coefficient (Wildman–Crippen LogP) is 0.785. The summed E-state index contributed by atoms with van der Waals surface area (Å²) in [6.07, 6.45) is 0.705. The predicted molar refractivity (Wildman–Crippen MR) is 59.6 cm³/mol. The maximum atomic E-state index is 11.7. The van der Waals surface area contributed by atoms with Crippen LogP contribution in [-0.4, -0.2) is 37.1 Å². The van der Waals surface area contributed by atoms with Gasteiger partial charge in [0, 0.05) is 12.1 Å². The molecule has 0 saturated carbocycles. The van der Waals surface area contributed by atoms with Crippen LogP contribution in [-0.2, 0) is 10.0 Å². The van der Waals surface area contributed by atoms with Crippen LogP contribution in [0.1, 0.15) is 34.1 Å². The molecule has 0 fully saturated rings. The molecule has 86 valence electrons. The first-order valence-electron chi connectivity index (χ1n) is 4.96. The van der Waals surface area contributed by atoms with Crippen LogP contribution in [0.15, 0.2) is 0 Å². The summed E-state index contributed by atoms with van der Waals surface area (Å²) in [6, 6.07) is 0. The fourth-order valence-corrected chi connectivity index (χ4v) is 2.84. The SMILES string of the molecule is CCS(=O)(=O)N(CCCN)C(C)(C)C. The highest BCUT2D eigenvalue weighted by molar-refractivity contribution is 7.89. The van der Waals surface area contributed by atoms with Crippen molar-refractivity contribution >= 4 is 10.0 Å². The van der Waals surface area contributed by atoms with Crippen molar-refractivity contribution in [2.75, 3.05) is 18.8 Å². The van der Waals surface area contributed by atoms with Crippen molar-refractivity contribution in [2.45, 2.75) is 39.7 Å². The van der Waals surface area contributed by atoms with Crippen LogP contribution in [0.25, 0.3) is 0 Å². The summed E-state index contributed by atoms with van der Waals surface area (Å²) >= 11 is 0. The Hall–Kier alpha value is -0.130. The van der Waals surface area contributed by atoms with Crippen LogP contribution >= 0.6 is 0 Å². The third-order valence-electron chi connectivity index (χ3n) is 2.01. The topological polar surface area (TPSA) is 63.4 Å². The summed E-state index contributed by atoms with van der Waals surface area (Å²) in [5, 5.41) is 0. The first-order chi connectivity index (χ1) is 6.25. The Kier molecular flexibility index (Phi) is 5.05. The van der Waals surface area contributed by atoms with Gasteiger partial charge in [0.1, 0.15) is 0 Å². The number of hydrogen-bond donors (Lipinski definition) is 1. The average Bonchev–Trinajstić information content (AvgIpc) is 2.02. The molecule has 2 N–H and O–H groups in total. The molecule has 0 aliphatic heterocycles. The quantitative estimate of drug-likeness (QED) is 0.748. The number of rotatable bonds is 5. The minimum atomic E-state index is -3.11. The molecule has 0 aromatic heterocycles. The smallest absolute Gasteiger partial charge is 0.214 e. The highest BCUT2D eigenvalue weighted by Gasteiger charge is 2.30. The molecule has 4 nitrogen and oxygen atoms in total. The van der Waals surface area contributed by atoms with Crippen molar-refractivity contribution in [2.24, 2.45) is 5.73 Å². The molecule has 0 saturated heterocycles. The van der Waals surface area contributed by atoms with Crippen LogP contribution in [0, 0.1) is 0 Å². The Morgan fingerprint density at radius 1 is 1.29 bits per heavy atom. The van der Waals surface area contributed by atoms with Gasteiger partial charge in [0.25, 0.3) is 0 Å². The van der Waals surface area contributed by atoms with E-state index in [0.717, 1.165) is 0 Å². The molecule has 14 heavy (non-hydrogen) atoms. The summed E-state index contributed by atoms with van der Waals surface area (Å²) in [7, 11) is -3.11. The Morgan fingerprint density at radius 3 is 2.07 bits per heavy atom. The third-order valence-corrected chi connectivity index (χ3v) is 4.15. The molecular formula is C9H22N2O2S. The van der Waals surface area contributed by atoms with Gasteiger partial charge >= 0.3 is 0 Å². The standard InChI is InChI=1S/C9H22N2O2S/c1-5-14(12,13)11(8-6-7-10)9(2,3)4/h5-8,10H2,1-4H3. The van der Waals surface area contributed by atoms with E-state index in [-0.39, 0.29) is 11.3 Å². The summed E-state index contributed by atoms with van der Waals surface area (Å²) in [5.41, 5.74) is 5.03. The van der Waals surface area contributed by atoms with Gasteiger partial charge in [-0.1, -0.05) is 0 Å². The molecule has 0 amide bonds. The molecule has 0 aromatic rings. The lowest BCUT2D eigenvalue weighted by Gasteiger charge is -2.34. The Morgan fingerprint density at radius 2 is 1.79 bits per heavy atom. The monoisotopic (exact) mass is 222 g/mol. The molecule has 0 bridgehead atoms. The molecule has 5 heteroatoms. The van der Waals surface area contributed by atoms with Crippen molar-refractivity contribution in [3.8, 4) is 0 Å². The first kappa shape index (κ1) is 13.9. The van der Waals surface area contributed by atoms with Gasteiger partial charge in [0.15, 0.2) is 0 Å². The second-order valence-corrected chi connectivity index (χ2v) is 6.47. The molecule has 0 spiro atoms. The highest BCUT2D eigenvalue weighted by atomic mass is 32.2. The van der Waals surface area contributed by atoms with E-state index in [9.17, 15) is 8.42 Å². The summed E-state index contributed by atoms with van der Waals surface area (Å²) in [4.78, 5) is 0. The molecule has 0 heterocycles. The van der Waals surface area contributed by atoms with E-state index in [1.165, 1.54) is 4.31 Å². The highest BCUT2D eigenvalue weighted by Crippen LogP contribution is 2.18. The van der Waals surface area contributed by atoms with E-state index in [0.29, 0.717) is 19.5 Å². The molecule has 0 aliphatic rings.